The highest BCUT2D eigenvalue weighted by Crippen LogP contribution is 2.39. The van der Waals surface area contributed by atoms with Crippen LogP contribution >= 0.6 is 0 Å². The maximum Gasteiger partial charge on any atom is 0.157 e. The van der Waals surface area contributed by atoms with Crippen molar-refractivity contribution in [3.05, 3.63) is 53.1 Å². The molecule has 1 atom stereocenters. The summed E-state index contributed by atoms with van der Waals surface area (Å²) in [5.41, 5.74) is 3.56. The lowest BCUT2D eigenvalue weighted by atomic mass is 9.79. The van der Waals surface area contributed by atoms with Gasteiger partial charge in [0, 0.05) is 0 Å². The van der Waals surface area contributed by atoms with E-state index in [0.717, 1.165) is 37.0 Å². The van der Waals surface area contributed by atoms with E-state index in [9.17, 15) is 10.2 Å². The molecule has 1 aliphatic carbocycles. The summed E-state index contributed by atoms with van der Waals surface area (Å²) in [6.45, 7) is 0. The Labute approximate surface area is 124 Å². The lowest BCUT2D eigenvalue weighted by Gasteiger charge is -2.26. The van der Waals surface area contributed by atoms with E-state index in [4.69, 9.17) is 4.74 Å². The molecule has 2 N–H and O–H groups in total. The van der Waals surface area contributed by atoms with Crippen molar-refractivity contribution in [3.8, 4) is 17.2 Å². The van der Waals surface area contributed by atoms with Gasteiger partial charge >= 0.3 is 0 Å². The standard InChI is InChI=1S/C18H20O3/c1-21-15-7-2-4-12(9-15)8-13-5-3-6-14-10-17(19)18(20)11-16(13)14/h2,4,7,9-11,13,19-20H,3,5-6,8H2,1H3. The summed E-state index contributed by atoms with van der Waals surface area (Å²) < 4.78 is 5.28. The molecular weight excluding hydrogens is 264 g/mol. The number of aromatic hydroxyl groups is 2. The summed E-state index contributed by atoms with van der Waals surface area (Å²) in [5.74, 6) is 1.21. The van der Waals surface area contributed by atoms with Gasteiger partial charge < -0.3 is 14.9 Å². The number of benzene rings is 2. The Morgan fingerprint density at radius 2 is 1.95 bits per heavy atom. The smallest absolute Gasteiger partial charge is 0.157 e. The fourth-order valence-corrected chi connectivity index (χ4v) is 3.22. The number of fused-ring (bicyclic) bond motifs is 1. The lowest BCUT2D eigenvalue weighted by Crippen LogP contribution is -2.12. The van der Waals surface area contributed by atoms with Crippen LogP contribution in [0.4, 0.5) is 0 Å². The predicted octanol–water partition coefficient (Wildman–Crippen LogP) is 3.77. The van der Waals surface area contributed by atoms with Gasteiger partial charge in [0.15, 0.2) is 11.5 Å². The first-order valence-electron chi connectivity index (χ1n) is 7.35. The van der Waals surface area contributed by atoms with Crippen LogP contribution < -0.4 is 4.74 Å². The van der Waals surface area contributed by atoms with Crippen molar-refractivity contribution in [1.82, 2.24) is 0 Å². The Kier molecular flexibility index (Phi) is 3.74. The summed E-state index contributed by atoms with van der Waals surface area (Å²) in [6, 6.07) is 11.6. The molecule has 0 spiro atoms. The number of phenolic OH excluding ortho intramolecular Hbond substituents is 2. The molecule has 1 unspecified atom stereocenters. The Morgan fingerprint density at radius 1 is 1.14 bits per heavy atom. The summed E-state index contributed by atoms with van der Waals surface area (Å²) in [6.07, 6.45) is 4.12. The van der Waals surface area contributed by atoms with Crippen molar-refractivity contribution in [2.75, 3.05) is 7.11 Å². The fraction of sp³-hybridized carbons (Fsp3) is 0.333. The molecule has 0 saturated carbocycles. The highest BCUT2D eigenvalue weighted by Gasteiger charge is 2.22. The largest absolute Gasteiger partial charge is 0.504 e. The number of hydrogen-bond donors (Lipinski definition) is 2. The maximum atomic E-state index is 9.77. The average Bonchev–Trinajstić information content (AvgIpc) is 2.49. The molecule has 110 valence electrons. The van der Waals surface area contributed by atoms with Gasteiger partial charge in [-0.05, 0) is 72.6 Å². The van der Waals surface area contributed by atoms with E-state index in [1.807, 2.05) is 12.1 Å². The van der Waals surface area contributed by atoms with Crippen LogP contribution in [0, 0.1) is 0 Å². The van der Waals surface area contributed by atoms with Crippen LogP contribution in [-0.2, 0) is 12.8 Å². The molecule has 3 rings (SSSR count). The summed E-state index contributed by atoms with van der Waals surface area (Å²) in [7, 11) is 1.68. The van der Waals surface area contributed by atoms with Crippen LogP contribution in [-0.4, -0.2) is 17.3 Å². The molecule has 21 heavy (non-hydrogen) atoms. The number of ether oxygens (including phenoxy) is 1. The van der Waals surface area contributed by atoms with Crippen molar-refractivity contribution >= 4 is 0 Å². The van der Waals surface area contributed by atoms with Crippen LogP contribution in [0.5, 0.6) is 17.2 Å². The van der Waals surface area contributed by atoms with Gasteiger partial charge in [0.25, 0.3) is 0 Å². The monoisotopic (exact) mass is 284 g/mol. The van der Waals surface area contributed by atoms with Gasteiger partial charge in [0.05, 0.1) is 7.11 Å². The molecule has 3 nitrogen and oxygen atoms in total. The molecule has 3 heteroatoms. The molecule has 0 fully saturated rings. The van der Waals surface area contributed by atoms with Crippen LogP contribution in [0.3, 0.4) is 0 Å². The lowest BCUT2D eigenvalue weighted by molar-refractivity contribution is 0.399. The van der Waals surface area contributed by atoms with Crippen LogP contribution in [0.25, 0.3) is 0 Å². The second-order valence-electron chi connectivity index (χ2n) is 5.68. The van der Waals surface area contributed by atoms with Crippen molar-refractivity contribution in [1.29, 1.82) is 0 Å². The molecule has 0 heterocycles. The van der Waals surface area contributed by atoms with Gasteiger partial charge in [-0.15, -0.1) is 0 Å². The van der Waals surface area contributed by atoms with Gasteiger partial charge in [0.1, 0.15) is 5.75 Å². The zero-order chi connectivity index (χ0) is 14.8. The maximum absolute atomic E-state index is 9.77. The molecule has 0 aromatic heterocycles. The molecule has 2 aromatic carbocycles. The van der Waals surface area contributed by atoms with Gasteiger partial charge in [-0.2, -0.15) is 0 Å². The van der Waals surface area contributed by atoms with Crippen molar-refractivity contribution < 1.29 is 14.9 Å². The molecule has 0 aliphatic heterocycles. The first-order chi connectivity index (χ1) is 10.2. The zero-order valence-corrected chi connectivity index (χ0v) is 12.2. The van der Waals surface area contributed by atoms with E-state index < -0.39 is 0 Å². The molecule has 1 aliphatic rings. The molecule has 0 radical (unpaired) electrons. The third-order valence-electron chi connectivity index (χ3n) is 4.29. The number of methoxy groups -OCH3 is 1. The van der Waals surface area contributed by atoms with Crippen LogP contribution in [0.2, 0.25) is 0 Å². The average molecular weight is 284 g/mol. The summed E-state index contributed by atoms with van der Waals surface area (Å²) in [5, 5.41) is 19.4. The van der Waals surface area contributed by atoms with Crippen molar-refractivity contribution in [2.45, 2.75) is 31.6 Å². The molecular formula is C18H20O3. The van der Waals surface area contributed by atoms with E-state index in [-0.39, 0.29) is 11.5 Å². The Morgan fingerprint density at radius 3 is 2.76 bits per heavy atom. The number of phenols is 2. The van der Waals surface area contributed by atoms with Gasteiger partial charge in [-0.25, -0.2) is 0 Å². The summed E-state index contributed by atoms with van der Waals surface area (Å²) >= 11 is 0. The molecule has 0 amide bonds. The quantitative estimate of drug-likeness (QED) is 0.844. The van der Waals surface area contributed by atoms with Gasteiger partial charge in [0.2, 0.25) is 0 Å². The number of aryl methyl sites for hydroxylation is 1. The first kappa shape index (κ1) is 13.8. The van der Waals surface area contributed by atoms with Crippen LogP contribution in [0.15, 0.2) is 36.4 Å². The minimum Gasteiger partial charge on any atom is -0.504 e. The third-order valence-corrected chi connectivity index (χ3v) is 4.29. The van der Waals surface area contributed by atoms with E-state index in [2.05, 4.69) is 12.1 Å². The second kappa shape index (κ2) is 5.68. The second-order valence-corrected chi connectivity index (χ2v) is 5.68. The Bertz CT molecular complexity index is 649. The van der Waals surface area contributed by atoms with E-state index in [0.29, 0.717) is 5.92 Å². The van der Waals surface area contributed by atoms with E-state index >= 15 is 0 Å². The third kappa shape index (κ3) is 2.82. The van der Waals surface area contributed by atoms with E-state index in [1.165, 1.54) is 11.1 Å². The number of hydrogen-bond acceptors (Lipinski definition) is 3. The predicted molar refractivity (Wildman–Crippen MR) is 82.1 cm³/mol. The fourth-order valence-electron chi connectivity index (χ4n) is 3.22. The normalized spacial score (nSPS) is 17.3. The van der Waals surface area contributed by atoms with Gasteiger partial charge in [-0.3, -0.25) is 0 Å². The molecule has 2 aromatic rings. The molecule has 0 bridgehead atoms. The molecule has 0 saturated heterocycles. The van der Waals surface area contributed by atoms with Crippen molar-refractivity contribution in [2.24, 2.45) is 0 Å². The van der Waals surface area contributed by atoms with E-state index in [1.54, 1.807) is 19.2 Å². The Balaban J connectivity index is 1.89. The SMILES string of the molecule is COc1cccc(CC2CCCc3cc(O)c(O)cc32)c1. The highest BCUT2D eigenvalue weighted by molar-refractivity contribution is 5.48. The van der Waals surface area contributed by atoms with Crippen LogP contribution in [0.1, 0.15) is 35.4 Å². The zero-order valence-electron chi connectivity index (χ0n) is 12.2. The Hall–Kier alpha value is -2.16. The minimum atomic E-state index is -0.0220. The highest BCUT2D eigenvalue weighted by atomic mass is 16.5. The summed E-state index contributed by atoms with van der Waals surface area (Å²) in [4.78, 5) is 0. The first-order valence-corrected chi connectivity index (χ1v) is 7.35. The minimum absolute atomic E-state index is 0.0178. The number of rotatable bonds is 3. The topological polar surface area (TPSA) is 49.7 Å². The van der Waals surface area contributed by atoms with Gasteiger partial charge in [-0.1, -0.05) is 12.1 Å². The van der Waals surface area contributed by atoms with Crippen molar-refractivity contribution in [3.63, 3.8) is 0 Å².